The average molecular weight is 263 g/mol. The Morgan fingerprint density at radius 1 is 1.20 bits per heavy atom. The maximum absolute atomic E-state index is 5.96. The normalized spacial score (nSPS) is 9.60. The third-order valence-corrected chi connectivity index (χ3v) is 2.50. The third-order valence-electron chi connectivity index (χ3n) is 1.68. The molecule has 0 atom stereocenters. The summed E-state index contributed by atoms with van der Waals surface area (Å²) in [5.41, 5.74) is 0.626. The molecule has 0 fully saturated rings. The number of benzene rings is 1. The standard InChI is InChI=1S/C11H10Cl3N/c1-2-15-5-3-4-9-10(13)6-8(12)7-11(9)14/h6-7,15H,2,5H2,1H3. The molecule has 0 unspecified atom stereocenters. The van der Waals surface area contributed by atoms with Gasteiger partial charge in [-0.25, -0.2) is 0 Å². The van der Waals surface area contributed by atoms with Crippen molar-refractivity contribution >= 4 is 34.8 Å². The molecule has 1 N–H and O–H groups in total. The lowest BCUT2D eigenvalue weighted by molar-refractivity contribution is 0.811. The molecule has 0 aliphatic heterocycles. The second kappa shape index (κ2) is 6.25. The van der Waals surface area contributed by atoms with Crippen LogP contribution in [-0.4, -0.2) is 13.1 Å². The molecule has 15 heavy (non-hydrogen) atoms. The minimum absolute atomic E-state index is 0.483. The van der Waals surface area contributed by atoms with Gasteiger partial charge in [0.2, 0.25) is 0 Å². The summed E-state index contributed by atoms with van der Waals surface area (Å²) in [5.74, 6) is 5.84. The van der Waals surface area contributed by atoms with E-state index in [0.717, 1.165) is 6.54 Å². The first kappa shape index (κ1) is 12.7. The zero-order valence-electron chi connectivity index (χ0n) is 8.20. The molecule has 1 aromatic carbocycles. The van der Waals surface area contributed by atoms with Crippen molar-refractivity contribution < 1.29 is 0 Å². The number of nitrogens with one attached hydrogen (secondary N) is 1. The lowest BCUT2D eigenvalue weighted by atomic mass is 10.2. The molecule has 0 amide bonds. The van der Waals surface area contributed by atoms with Crippen molar-refractivity contribution in [2.45, 2.75) is 6.92 Å². The zero-order chi connectivity index (χ0) is 11.3. The van der Waals surface area contributed by atoms with Gasteiger partial charge in [0.15, 0.2) is 0 Å². The van der Waals surface area contributed by atoms with Gasteiger partial charge >= 0.3 is 0 Å². The van der Waals surface area contributed by atoms with E-state index >= 15 is 0 Å². The highest BCUT2D eigenvalue weighted by Crippen LogP contribution is 2.27. The smallest absolute Gasteiger partial charge is 0.0619 e. The van der Waals surface area contributed by atoms with Crippen molar-refractivity contribution in [3.05, 3.63) is 32.8 Å². The molecule has 4 heteroatoms. The van der Waals surface area contributed by atoms with Crippen LogP contribution in [0.4, 0.5) is 0 Å². The zero-order valence-corrected chi connectivity index (χ0v) is 10.5. The molecule has 0 radical (unpaired) electrons. The van der Waals surface area contributed by atoms with Crippen LogP contribution in [0.3, 0.4) is 0 Å². The Morgan fingerprint density at radius 3 is 2.33 bits per heavy atom. The van der Waals surface area contributed by atoms with Crippen LogP contribution in [0.2, 0.25) is 15.1 Å². The first-order valence-corrected chi connectivity index (χ1v) is 5.62. The number of halogens is 3. The summed E-state index contributed by atoms with van der Waals surface area (Å²) in [6.45, 7) is 3.52. The van der Waals surface area contributed by atoms with E-state index in [-0.39, 0.29) is 0 Å². The molecular weight excluding hydrogens is 252 g/mol. The van der Waals surface area contributed by atoms with E-state index in [4.69, 9.17) is 34.8 Å². The van der Waals surface area contributed by atoms with E-state index in [2.05, 4.69) is 17.2 Å². The van der Waals surface area contributed by atoms with Crippen LogP contribution in [0.5, 0.6) is 0 Å². The summed E-state index contributed by atoms with van der Waals surface area (Å²) >= 11 is 17.7. The van der Waals surface area contributed by atoms with Gasteiger partial charge in [-0.1, -0.05) is 53.6 Å². The van der Waals surface area contributed by atoms with E-state index in [9.17, 15) is 0 Å². The van der Waals surface area contributed by atoms with Crippen molar-refractivity contribution in [1.29, 1.82) is 0 Å². The lowest BCUT2D eigenvalue weighted by Crippen LogP contribution is -2.11. The lowest BCUT2D eigenvalue weighted by Gasteiger charge is -2.00. The Balaban J connectivity index is 2.88. The molecule has 1 aromatic rings. The second-order valence-corrected chi connectivity index (χ2v) is 4.08. The van der Waals surface area contributed by atoms with Crippen LogP contribution in [0.25, 0.3) is 0 Å². The van der Waals surface area contributed by atoms with E-state index in [1.807, 2.05) is 6.92 Å². The molecule has 0 aliphatic carbocycles. The highest BCUT2D eigenvalue weighted by molar-refractivity contribution is 6.39. The molecule has 0 spiro atoms. The first-order valence-electron chi connectivity index (χ1n) is 4.49. The molecule has 1 rings (SSSR count). The van der Waals surface area contributed by atoms with Gasteiger partial charge in [-0.3, -0.25) is 0 Å². The molecule has 0 heterocycles. The summed E-state index contributed by atoms with van der Waals surface area (Å²) in [6.07, 6.45) is 0. The molecule has 80 valence electrons. The fraction of sp³-hybridized carbons (Fsp3) is 0.273. The third kappa shape index (κ3) is 3.93. The number of hydrogen-bond acceptors (Lipinski definition) is 1. The highest BCUT2D eigenvalue weighted by atomic mass is 35.5. The van der Waals surface area contributed by atoms with Gasteiger partial charge in [0, 0.05) is 5.02 Å². The van der Waals surface area contributed by atoms with Crippen LogP contribution in [0, 0.1) is 11.8 Å². The Labute approximate surface area is 105 Å². The van der Waals surface area contributed by atoms with Gasteiger partial charge in [0.05, 0.1) is 22.2 Å². The number of hydrogen-bond donors (Lipinski definition) is 1. The monoisotopic (exact) mass is 261 g/mol. The minimum atomic E-state index is 0.483. The summed E-state index contributed by atoms with van der Waals surface area (Å²) < 4.78 is 0. The van der Waals surface area contributed by atoms with Gasteiger partial charge in [0.1, 0.15) is 0 Å². The minimum Gasteiger partial charge on any atom is -0.306 e. The molecule has 0 saturated carbocycles. The highest BCUT2D eigenvalue weighted by Gasteiger charge is 2.04. The van der Waals surface area contributed by atoms with E-state index in [1.54, 1.807) is 12.1 Å². The number of rotatable bonds is 2. The topological polar surface area (TPSA) is 12.0 Å². The Morgan fingerprint density at radius 2 is 1.80 bits per heavy atom. The van der Waals surface area contributed by atoms with Crippen molar-refractivity contribution in [2.24, 2.45) is 0 Å². The quantitative estimate of drug-likeness (QED) is 0.634. The molecular formula is C11H10Cl3N. The Hall–Kier alpha value is -0.390. The van der Waals surface area contributed by atoms with E-state index < -0.39 is 0 Å². The van der Waals surface area contributed by atoms with Crippen LogP contribution in [0.15, 0.2) is 12.1 Å². The van der Waals surface area contributed by atoms with Crippen molar-refractivity contribution in [1.82, 2.24) is 5.32 Å². The van der Waals surface area contributed by atoms with Gasteiger partial charge in [-0.15, -0.1) is 0 Å². The van der Waals surface area contributed by atoms with Gasteiger partial charge in [-0.05, 0) is 18.7 Å². The van der Waals surface area contributed by atoms with Crippen molar-refractivity contribution in [3.63, 3.8) is 0 Å². The summed E-state index contributed by atoms with van der Waals surface area (Å²) in [6, 6.07) is 3.26. The first-order chi connectivity index (χ1) is 7.15. The Bertz CT molecular complexity index is 381. The SMILES string of the molecule is CCNCC#Cc1c(Cl)cc(Cl)cc1Cl. The average Bonchev–Trinajstić information content (AvgIpc) is 2.15. The van der Waals surface area contributed by atoms with Gasteiger partial charge < -0.3 is 5.32 Å². The molecule has 0 aliphatic rings. The molecule has 0 aromatic heterocycles. The van der Waals surface area contributed by atoms with Crippen molar-refractivity contribution in [2.75, 3.05) is 13.1 Å². The molecule has 0 bridgehead atoms. The largest absolute Gasteiger partial charge is 0.306 e. The van der Waals surface area contributed by atoms with E-state index in [1.165, 1.54) is 0 Å². The maximum atomic E-state index is 5.96. The predicted molar refractivity (Wildman–Crippen MR) is 66.9 cm³/mol. The maximum Gasteiger partial charge on any atom is 0.0619 e. The van der Waals surface area contributed by atoms with Crippen LogP contribution in [0.1, 0.15) is 12.5 Å². The summed E-state index contributed by atoms with van der Waals surface area (Å²) in [5, 5.41) is 4.56. The molecule has 0 saturated heterocycles. The van der Waals surface area contributed by atoms with Crippen LogP contribution < -0.4 is 5.32 Å². The summed E-state index contributed by atoms with van der Waals surface area (Å²) in [4.78, 5) is 0. The predicted octanol–water partition coefficient (Wildman–Crippen LogP) is 3.61. The van der Waals surface area contributed by atoms with Gasteiger partial charge in [-0.2, -0.15) is 0 Å². The Kier molecular flexibility index (Phi) is 5.28. The van der Waals surface area contributed by atoms with E-state index in [0.29, 0.717) is 27.2 Å². The van der Waals surface area contributed by atoms with Gasteiger partial charge in [0.25, 0.3) is 0 Å². The summed E-state index contributed by atoms with van der Waals surface area (Å²) in [7, 11) is 0. The molecule has 1 nitrogen and oxygen atoms in total. The van der Waals surface area contributed by atoms with Crippen molar-refractivity contribution in [3.8, 4) is 11.8 Å². The fourth-order valence-electron chi connectivity index (χ4n) is 0.982. The van der Waals surface area contributed by atoms with Crippen LogP contribution >= 0.6 is 34.8 Å². The second-order valence-electron chi connectivity index (χ2n) is 2.83. The fourth-order valence-corrected chi connectivity index (χ4v) is 1.89. The van der Waals surface area contributed by atoms with Crippen LogP contribution in [-0.2, 0) is 0 Å².